The Bertz CT molecular complexity index is 941. The quantitative estimate of drug-likeness (QED) is 0.759. The maximum Gasteiger partial charge on any atom is 0.240 e. The van der Waals surface area contributed by atoms with Gasteiger partial charge in [0.2, 0.25) is 10.0 Å². The van der Waals surface area contributed by atoms with E-state index in [4.69, 9.17) is 9.47 Å². The standard InChI is InChI=1S/C20H26N2O4S/c1-5-25-17-9-15-8-14(3)26-20(15)16(10-17)12-22-19-11-18(7-6-13(19)2)27(23,24)21-4/h6-7,9-11,14,21-22H,5,8,12H2,1-4H3. The molecule has 2 N–H and O–H groups in total. The van der Waals surface area contributed by atoms with Crippen molar-refractivity contribution >= 4 is 15.7 Å². The SMILES string of the molecule is CCOc1cc(CNc2cc(S(=O)(=O)NC)ccc2C)c2c(c1)CC(C)O2. The summed E-state index contributed by atoms with van der Waals surface area (Å²) in [5.41, 5.74) is 3.89. The molecule has 1 aliphatic heterocycles. The first-order chi connectivity index (χ1) is 12.8. The van der Waals surface area contributed by atoms with E-state index in [1.54, 1.807) is 18.2 Å². The molecular formula is C20H26N2O4S. The normalized spacial score (nSPS) is 15.9. The molecule has 0 saturated heterocycles. The fourth-order valence-electron chi connectivity index (χ4n) is 3.23. The second-order valence-electron chi connectivity index (χ2n) is 6.67. The predicted octanol–water partition coefficient (Wildman–Crippen LogP) is 3.24. The minimum atomic E-state index is -3.49. The zero-order valence-corrected chi connectivity index (χ0v) is 16.9. The summed E-state index contributed by atoms with van der Waals surface area (Å²) in [6.45, 7) is 7.07. The first-order valence-corrected chi connectivity index (χ1v) is 10.6. The van der Waals surface area contributed by atoms with E-state index in [0.29, 0.717) is 13.2 Å². The maximum absolute atomic E-state index is 12.1. The molecule has 27 heavy (non-hydrogen) atoms. The lowest BCUT2D eigenvalue weighted by Crippen LogP contribution is -2.18. The van der Waals surface area contributed by atoms with Gasteiger partial charge >= 0.3 is 0 Å². The van der Waals surface area contributed by atoms with Crippen LogP contribution in [0.15, 0.2) is 35.2 Å². The lowest BCUT2D eigenvalue weighted by molar-refractivity contribution is 0.252. The van der Waals surface area contributed by atoms with E-state index in [-0.39, 0.29) is 11.0 Å². The van der Waals surface area contributed by atoms with Gasteiger partial charge in [0.25, 0.3) is 0 Å². The van der Waals surface area contributed by atoms with Crippen molar-refractivity contribution in [2.45, 2.75) is 44.7 Å². The van der Waals surface area contributed by atoms with Crippen LogP contribution in [0, 0.1) is 6.92 Å². The van der Waals surface area contributed by atoms with E-state index in [2.05, 4.69) is 10.0 Å². The molecule has 1 unspecified atom stereocenters. The zero-order valence-electron chi connectivity index (χ0n) is 16.1. The lowest BCUT2D eigenvalue weighted by atomic mass is 10.1. The van der Waals surface area contributed by atoms with E-state index in [0.717, 1.165) is 40.3 Å². The minimum Gasteiger partial charge on any atom is -0.494 e. The summed E-state index contributed by atoms with van der Waals surface area (Å²) in [5.74, 6) is 1.73. The van der Waals surface area contributed by atoms with Gasteiger partial charge in [0, 0.05) is 29.8 Å². The molecule has 2 aromatic carbocycles. The Morgan fingerprint density at radius 3 is 2.74 bits per heavy atom. The number of rotatable bonds is 7. The smallest absolute Gasteiger partial charge is 0.240 e. The largest absolute Gasteiger partial charge is 0.494 e. The van der Waals surface area contributed by atoms with Crippen LogP contribution < -0.4 is 19.5 Å². The van der Waals surface area contributed by atoms with Gasteiger partial charge in [-0.2, -0.15) is 0 Å². The molecule has 146 valence electrons. The Morgan fingerprint density at radius 1 is 1.26 bits per heavy atom. The summed E-state index contributed by atoms with van der Waals surface area (Å²) in [6.07, 6.45) is 1.000. The van der Waals surface area contributed by atoms with Crippen LogP contribution in [0.5, 0.6) is 11.5 Å². The van der Waals surface area contributed by atoms with Crippen LogP contribution in [0.2, 0.25) is 0 Å². The molecule has 0 saturated carbocycles. The molecule has 6 nitrogen and oxygen atoms in total. The molecule has 1 aliphatic rings. The highest BCUT2D eigenvalue weighted by Crippen LogP contribution is 2.37. The van der Waals surface area contributed by atoms with Gasteiger partial charge in [-0.3, -0.25) is 0 Å². The first kappa shape index (κ1) is 19.5. The number of benzene rings is 2. The summed E-state index contributed by atoms with van der Waals surface area (Å²) >= 11 is 0. The Balaban J connectivity index is 1.88. The minimum absolute atomic E-state index is 0.140. The summed E-state index contributed by atoms with van der Waals surface area (Å²) in [4.78, 5) is 0.233. The number of sulfonamides is 1. The van der Waals surface area contributed by atoms with Gasteiger partial charge in [0.15, 0.2) is 0 Å². The molecule has 7 heteroatoms. The van der Waals surface area contributed by atoms with Crippen LogP contribution in [-0.2, 0) is 23.0 Å². The monoisotopic (exact) mass is 390 g/mol. The highest BCUT2D eigenvalue weighted by molar-refractivity contribution is 7.89. The fraction of sp³-hybridized carbons (Fsp3) is 0.400. The number of ether oxygens (including phenoxy) is 2. The summed E-state index contributed by atoms with van der Waals surface area (Å²) < 4.78 is 38.2. The highest BCUT2D eigenvalue weighted by Gasteiger charge is 2.23. The van der Waals surface area contributed by atoms with Gasteiger partial charge < -0.3 is 14.8 Å². The van der Waals surface area contributed by atoms with Gasteiger partial charge in [0.1, 0.15) is 17.6 Å². The highest BCUT2D eigenvalue weighted by atomic mass is 32.2. The third-order valence-electron chi connectivity index (χ3n) is 4.61. The summed E-state index contributed by atoms with van der Waals surface area (Å²) in [6, 6.07) is 9.07. The molecule has 0 spiro atoms. The van der Waals surface area contributed by atoms with Crippen molar-refractivity contribution in [1.82, 2.24) is 4.72 Å². The van der Waals surface area contributed by atoms with Crippen LogP contribution in [0.1, 0.15) is 30.5 Å². The second kappa shape index (κ2) is 7.78. The third-order valence-corrected chi connectivity index (χ3v) is 6.02. The van der Waals surface area contributed by atoms with Crippen molar-refractivity contribution in [1.29, 1.82) is 0 Å². The Kier molecular flexibility index (Phi) is 5.62. The number of fused-ring (bicyclic) bond motifs is 1. The van der Waals surface area contributed by atoms with Gasteiger partial charge in [-0.15, -0.1) is 0 Å². The van der Waals surface area contributed by atoms with Crippen molar-refractivity contribution in [3.63, 3.8) is 0 Å². The Hall–Kier alpha value is -2.25. The molecule has 1 heterocycles. The molecule has 0 amide bonds. The summed E-state index contributed by atoms with van der Waals surface area (Å²) in [7, 11) is -2.08. The van der Waals surface area contributed by atoms with E-state index < -0.39 is 10.0 Å². The van der Waals surface area contributed by atoms with Gasteiger partial charge in [-0.25, -0.2) is 13.1 Å². The number of aryl methyl sites for hydroxylation is 1. The summed E-state index contributed by atoms with van der Waals surface area (Å²) in [5, 5.41) is 3.35. The molecule has 3 rings (SSSR count). The van der Waals surface area contributed by atoms with Gasteiger partial charge in [-0.05, 0) is 57.6 Å². The molecule has 1 atom stereocenters. The van der Waals surface area contributed by atoms with E-state index in [1.165, 1.54) is 7.05 Å². The second-order valence-corrected chi connectivity index (χ2v) is 8.56. The van der Waals surface area contributed by atoms with Crippen LogP contribution in [0.4, 0.5) is 5.69 Å². The van der Waals surface area contributed by atoms with Crippen LogP contribution >= 0.6 is 0 Å². The Labute approximate surface area is 160 Å². The third kappa shape index (κ3) is 4.20. The number of anilines is 1. The number of hydrogen-bond donors (Lipinski definition) is 2. The van der Waals surface area contributed by atoms with Crippen LogP contribution in [-0.4, -0.2) is 28.2 Å². The van der Waals surface area contributed by atoms with Gasteiger partial charge in [0.05, 0.1) is 11.5 Å². The zero-order chi connectivity index (χ0) is 19.6. The van der Waals surface area contributed by atoms with E-state index >= 15 is 0 Å². The molecule has 0 fully saturated rings. The van der Waals surface area contributed by atoms with E-state index in [9.17, 15) is 8.42 Å². The maximum atomic E-state index is 12.1. The van der Waals surface area contributed by atoms with Gasteiger partial charge in [-0.1, -0.05) is 6.07 Å². The molecule has 0 radical (unpaired) electrons. The van der Waals surface area contributed by atoms with Crippen molar-refractivity contribution in [2.75, 3.05) is 19.0 Å². The average molecular weight is 391 g/mol. The molecule has 0 aliphatic carbocycles. The molecule has 0 bridgehead atoms. The van der Waals surface area contributed by atoms with E-state index in [1.807, 2.05) is 32.9 Å². The number of nitrogens with one attached hydrogen (secondary N) is 2. The number of hydrogen-bond acceptors (Lipinski definition) is 5. The molecule has 2 aromatic rings. The molecule has 0 aromatic heterocycles. The first-order valence-electron chi connectivity index (χ1n) is 9.07. The molecular weight excluding hydrogens is 364 g/mol. The fourth-order valence-corrected chi connectivity index (χ4v) is 3.98. The van der Waals surface area contributed by atoms with Crippen LogP contribution in [0.3, 0.4) is 0 Å². The Morgan fingerprint density at radius 2 is 2.04 bits per heavy atom. The van der Waals surface area contributed by atoms with Crippen molar-refractivity contribution in [2.24, 2.45) is 0 Å². The van der Waals surface area contributed by atoms with Crippen molar-refractivity contribution in [3.8, 4) is 11.5 Å². The predicted molar refractivity (Wildman–Crippen MR) is 106 cm³/mol. The van der Waals surface area contributed by atoms with Crippen LogP contribution in [0.25, 0.3) is 0 Å². The topological polar surface area (TPSA) is 76.7 Å². The van der Waals surface area contributed by atoms with Crippen molar-refractivity contribution in [3.05, 3.63) is 47.0 Å². The lowest BCUT2D eigenvalue weighted by Gasteiger charge is -2.15. The average Bonchev–Trinajstić information content (AvgIpc) is 3.01. The van der Waals surface area contributed by atoms with Crippen molar-refractivity contribution < 1.29 is 17.9 Å².